The molecule has 3 aromatic carbocycles. The predicted molar refractivity (Wildman–Crippen MR) is 131 cm³/mol. The SMILES string of the molecule is O=C(NCc1ccc(S(=O)(=O)N2CCOCC2)cc1)c1ccccc1OCCOc1ccccc1. The molecule has 0 bridgehead atoms. The van der Waals surface area contributed by atoms with Gasteiger partial charge < -0.3 is 19.5 Å². The number of hydrogen-bond acceptors (Lipinski definition) is 6. The number of ether oxygens (including phenoxy) is 3. The van der Waals surface area contributed by atoms with Crippen molar-refractivity contribution < 1.29 is 27.4 Å². The molecule has 0 aromatic heterocycles. The van der Waals surface area contributed by atoms with Crippen LogP contribution >= 0.6 is 0 Å². The number of para-hydroxylation sites is 2. The summed E-state index contributed by atoms with van der Waals surface area (Å²) in [7, 11) is -3.55. The number of hydrogen-bond donors (Lipinski definition) is 1. The minimum absolute atomic E-state index is 0.228. The third kappa shape index (κ3) is 6.60. The lowest BCUT2D eigenvalue weighted by atomic mass is 10.1. The number of nitrogens with zero attached hydrogens (tertiary/aromatic N) is 1. The number of nitrogens with one attached hydrogen (secondary N) is 1. The molecule has 0 aliphatic carbocycles. The molecule has 1 aliphatic heterocycles. The summed E-state index contributed by atoms with van der Waals surface area (Å²) in [5, 5.41) is 2.87. The van der Waals surface area contributed by atoms with Crippen LogP contribution in [0.5, 0.6) is 11.5 Å². The van der Waals surface area contributed by atoms with E-state index in [0.717, 1.165) is 11.3 Å². The Morgan fingerprint density at radius 2 is 1.51 bits per heavy atom. The molecule has 8 nitrogen and oxygen atoms in total. The highest BCUT2D eigenvalue weighted by molar-refractivity contribution is 7.89. The van der Waals surface area contributed by atoms with Crippen LogP contribution in [0, 0.1) is 0 Å². The lowest BCUT2D eigenvalue weighted by Crippen LogP contribution is -2.40. The summed E-state index contributed by atoms with van der Waals surface area (Å²) >= 11 is 0. The monoisotopic (exact) mass is 496 g/mol. The van der Waals surface area contributed by atoms with Gasteiger partial charge in [-0.1, -0.05) is 42.5 Å². The molecule has 1 heterocycles. The zero-order valence-corrected chi connectivity index (χ0v) is 20.1. The van der Waals surface area contributed by atoms with Crippen molar-refractivity contribution in [2.24, 2.45) is 0 Å². The number of amides is 1. The van der Waals surface area contributed by atoms with E-state index in [1.165, 1.54) is 4.31 Å². The van der Waals surface area contributed by atoms with Crippen molar-refractivity contribution in [3.63, 3.8) is 0 Å². The van der Waals surface area contributed by atoms with Crippen LogP contribution < -0.4 is 14.8 Å². The van der Waals surface area contributed by atoms with E-state index in [4.69, 9.17) is 14.2 Å². The highest BCUT2D eigenvalue weighted by Gasteiger charge is 2.26. The predicted octanol–water partition coefficient (Wildman–Crippen LogP) is 3.10. The van der Waals surface area contributed by atoms with Gasteiger partial charge in [0, 0.05) is 19.6 Å². The largest absolute Gasteiger partial charge is 0.490 e. The quantitative estimate of drug-likeness (QED) is 0.434. The summed E-state index contributed by atoms with van der Waals surface area (Å²) in [5.41, 5.74) is 1.20. The van der Waals surface area contributed by atoms with Crippen molar-refractivity contribution in [2.45, 2.75) is 11.4 Å². The van der Waals surface area contributed by atoms with Gasteiger partial charge >= 0.3 is 0 Å². The molecule has 3 aromatic rings. The summed E-state index contributed by atoms with van der Waals surface area (Å²) in [4.78, 5) is 13.0. The molecule has 1 saturated heterocycles. The van der Waals surface area contributed by atoms with Gasteiger partial charge in [-0.3, -0.25) is 4.79 Å². The van der Waals surface area contributed by atoms with Crippen molar-refractivity contribution in [1.82, 2.24) is 9.62 Å². The highest BCUT2D eigenvalue weighted by atomic mass is 32.2. The van der Waals surface area contributed by atoms with Gasteiger partial charge in [-0.2, -0.15) is 4.31 Å². The van der Waals surface area contributed by atoms with E-state index in [1.54, 1.807) is 48.5 Å². The maximum absolute atomic E-state index is 12.8. The van der Waals surface area contributed by atoms with Gasteiger partial charge in [0.15, 0.2) is 0 Å². The van der Waals surface area contributed by atoms with E-state index in [2.05, 4.69) is 5.32 Å². The van der Waals surface area contributed by atoms with Gasteiger partial charge in [-0.15, -0.1) is 0 Å². The van der Waals surface area contributed by atoms with Gasteiger partial charge in [0.25, 0.3) is 5.91 Å². The maximum atomic E-state index is 12.8. The Labute approximate surface area is 205 Å². The first-order valence-electron chi connectivity index (χ1n) is 11.4. The summed E-state index contributed by atoms with van der Waals surface area (Å²) in [6.07, 6.45) is 0. The number of benzene rings is 3. The van der Waals surface area contributed by atoms with Crippen LogP contribution in [0.4, 0.5) is 0 Å². The summed E-state index contributed by atoms with van der Waals surface area (Å²) in [6.45, 7) is 2.38. The Kier molecular flexibility index (Phi) is 8.36. The fourth-order valence-electron chi connectivity index (χ4n) is 3.60. The molecule has 0 atom stereocenters. The smallest absolute Gasteiger partial charge is 0.255 e. The lowest BCUT2D eigenvalue weighted by molar-refractivity contribution is 0.0730. The molecule has 0 saturated carbocycles. The fraction of sp³-hybridized carbons (Fsp3) is 0.269. The first-order valence-corrected chi connectivity index (χ1v) is 12.8. The van der Waals surface area contributed by atoms with Crippen LogP contribution in [0.3, 0.4) is 0 Å². The number of sulfonamides is 1. The average molecular weight is 497 g/mol. The Balaban J connectivity index is 1.30. The van der Waals surface area contributed by atoms with Crippen molar-refractivity contribution in [2.75, 3.05) is 39.5 Å². The van der Waals surface area contributed by atoms with Crippen LogP contribution in [0.1, 0.15) is 15.9 Å². The number of rotatable bonds is 10. The van der Waals surface area contributed by atoms with E-state index in [0.29, 0.717) is 44.2 Å². The lowest BCUT2D eigenvalue weighted by Gasteiger charge is -2.26. The Morgan fingerprint density at radius 1 is 0.857 bits per heavy atom. The standard InChI is InChI=1S/C26H28N2O6S/c29-26(24-8-4-5-9-25(24)34-19-18-33-22-6-2-1-3-7-22)27-20-21-10-12-23(13-11-21)35(30,31)28-14-16-32-17-15-28/h1-13H,14-20H2,(H,27,29). The van der Waals surface area contributed by atoms with Crippen LogP contribution in [-0.4, -0.2) is 58.1 Å². The van der Waals surface area contributed by atoms with Crippen LogP contribution in [0.25, 0.3) is 0 Å². The second-order valence-corrected chi connectivity index (χ2v) is 9.79. The molecular weight excluding hydrogens is 468 g/mol. The molecule has 1 aliphatic rings. The molecule has 1 N–H and O–H groups in total. The zero-order chi connectivity index (χ0) is 24.5. The van der Waals surface area contributed by atoms with Gasteiger partial charge in [0.1, 0.15) is 24.7 Å². The summed E-state index contributed by atoms with van der Waals surface area (Å²) < 4.78 is 43.6. The second kappa shape index (κ2) is 11.8. The topological polar surface area (TPSA) is 94.2 Å². The van der Waals surface area contributed by atoms with Gasteiger partial charge in [0.2, 0.25) is 10.0 Å². The summed E-state index contributed by atoms with van der Waals surface area (Å²) in [5.74, 6) is 0.939. The molecule has 1 amide bonds. The van der Waals surface area contributed by atoms with Gasteiger partial charge in [-0.05, 0) is 42.0 Å². The minimum Gasteiger partial charge on any atom is -0.490 e. The Hall–Kier alpha value is -3.40. The van der Waals surface area contributed by atoms with Gasteiger partial charge in [0.05, 0.1) is 23.7 Å². The van der Waals surface area contributed by atoms with E-state index in [9.17, 15) is 13.2 Å². The number of carbonyl (C=O) groups excluding carboxylic acids is 1. The van der Waals surface area contributed by atoms with E-state index in [1.807, 2.05) is 30.3 Å². The highest BCUT2D eigenvalue weighted by Crippen LogP contribution is 2.20. The van der Waals surface area contributed by atoms with E-state index >= 15 is 0 Å². The summed E-state index contributed by atoms with van der Waals surface area (Å²) in [6, 6.07) is 23.0. The Morgan fingerprint density at radius 3 is 2.26 bits per heavy atom. The van der Waals surface area contributed by atoms with Crippen LogP contribution in [0.15, 0.2) is 83.8 Å². The third-order valence-corrected chi connectivity index (χ3v) is 7.38. The molecule has 4 rings (SSSR count). The normalized spacial score (nSPS) is 14.3. The van der Waals surface area contributed by atoms with Crippen molar-refractivity contribution >= 4 is 15.9 Å². The van der Waals surface area contributed by atoms with Crippen molar-refractivity contribution in [3.05, 3.63) is 90.0 Å². The molecule has 184 valence electrons. The fourth-order valence-corrected chi connectivity index (χ4v) is 5.01. The number of carbonyl (C=O) groups is 1. The molecule has 1 fully saturated rings. The molecule has 9 heteroatoms. The van der Waals surface area contributed by atoms with Crippen LogP contribution in [0.2, 0.25) is 0 Å². The first-order chi connectivity index (χ1) is 17.0. The molecule has 35 heavy (non-hydrogen) atoms. The minimum atomic E-state index is -3.55. The first kappa shape index (κ1) is 24.7. The van der Waals surface area contributed by atoms with Crippen molar-refractivity contribution in [1.29, 1.82) is 0 Å². The molecular formula is C26H28N2O6S. The number of morpholine rings is 1. The van der Waals surface area contributed by atoms with Gasteiger partial charge in [-0.25, -0.2) is 8.42 Å². The van der Waals surface area contributed by atoms with Crippen LogP contribution in [-0.2, 0) is 21.3 Å². The molecule has 0 radical (unpaired) electrons. The van der Waals surface area contributed by atoms with E-state index in [-0.39, 0.29) is 24.0 Å². The average Bonchev–Trinajstić information content (AvgIpc) is 2.91. The zero-order valence-electron chi connectivity index (χ0n) is 19.3. The Bertz CT molecular complexity index is 1210. The maximum Gasteiger partial charge on any atom is 0.255 e. The second-order valence-electron chi connectivity index (χ2n) is 7.85. The van der Waals surface area contributed by atoms with Crippen molar-refractivity contribution in [3.8, 4) is 11.5 Å². The van der Waals surface area contributed by atoms with E-state index < -0.39 is 10.0 Å². The molecule has 0 unspecified atom stereocenters. The molecule has 0 spiro atoms. The third-order valence-electron chi connectivity index (χ3n) is 5.47.